The molecule has 2 heterocycles. The van der Waals surface area contributed by atoms with Gasteiger partial charge in [0.1, 0.15) is 11.6 Å². The first kappa shape index (κ1) is 15.6. The number of nitrogens with zero attached hydrogens (tertiary/aromatic N) is 2. The zero-order valence-corrected chi connectivity index (χ0v) is 13.4. The quantitative estimate of drug-likeness (QED) is 0.579. The van der Waals surface area contributed by atoms with Gasteiger partial charge in [-0.2, -0.15) is 5.26 Å². The highest BCUT2D eigenvalue weighted by Gasteiger charge is 2.14. The Kier molecular flexibility index (Phi) is 3.98. The van der Waals surface area contributed by atoms with Crippen LogP contribution in [0.2, 0.25) is 0 Å². The molecule has 0 unspecified atom stereocenters. The van der Waals surface area contributed by atoms with Gasteiger partial charge in [0.15, 0.2) is 0 Å². The largest absolute Gasteiger partial charge is 0.321 e. The van der Waals surface area contributed by atoms with Gasteiger partial charge in [0.25, 0.3) is 11.2 Å². The van der Waals surface area contributed by atoms with Crippen molar-refractivity contribution in [2.45, 2.75) is 6.92 Å². The number of nitro benzene ring substituents is 1. The number of pyridine rings is 1. The highest BCUT2D eigenvalue weighted by molar-refractivity contribution is 7.15. The van der Waals surface area contributed by atoms with Crippen molar-refractivity contribution in [2.75, 3.05) is 0 Å². The number of nitro groups is 1. The fraction of sp³-hybridized carbons (Fsp3) is 0.0588. The van der Waals surface area contributed by atoms with Crippen LogP contribution >= 0.6 is 11.3 Å². The van der Waals surface area contributed by atoms with Crippen molar-refractivity contribution in [3.05, 3.63) is 73.4 Å². The Balaban J connectivity index is 2.17. The first-order chi connectivity index (χ1) is 11.5. The number of hydrogen-bond acceptors (Lipinski definition) is 5. The Morgan fingerprint density at radius 2 is 1.92 bits per heavy atom. The molecule has 2 aromatic heterocycles. The molecule has 0 fully saturated rings. The van der Waals surface area contributed by atoms with Gasteiger partial charge in [-0.3, -0.25) is 14.9 Å². The van der Waals surface area contributed by atoms with Gasteiger partial charge in [0, 0.05) is 33.1 Å². The minimum atomic E-state index is -0.481. The number of aryl methyl sites for hydroxylation is 1. The van der Waals surface area contributed by atoms with Gasteiger partial charge in [-0.1, -0.05) is 0 Å². The Morgan fingerprint density at radius 1 is 1.21 bits per heavy atom. The summed E-state index contributed by atoms with van der Waals surface area (Å²) in [6.45, 7) is 1.95. The van der Waals surface area contributed by atoms with E-state index in [0.29, 0.717) is 16.8 Å². The number of non-ortho nitro benzene ring substituents is 1. The summed E-state index contributed by atoms with van der Waals surface area (Å²) in [6.07, 6.45) is 0. The summed E-state index contributed by atoms with van der Waals surface area (Å²) < 4.78 is 0. The number of thiophene rings is 1. The SMILES string of the molecule is Cc1ccc(-c2cc(-c3ccc([N+](=O)[O-])cc3)[nH]c(=O)c2C#N)s1. The van der Waals surface area contributed by atoms with Crippen molar-refractivity contribution in [3.63, 3.8) is 0 Å². The van der Waals surface area contributed by atoms with Crippen LogP contribution in [0.3, 0.4) is 0 Å². The van der Waals surface area contributed by atoms with Crippen LogP contribution in [0.5, 0.6) is 0 Å². The standard InChI is InChI=1S/C17H11N3O3S/c1-10-2-7-16(24-10)13-8-15(19-17(21)14(13)9-18)11-3-5-12(6-4-11)20(22)23/h2-8H,1H3,(H,19,21). The zero-order valence-electron chi connectivity index (χ0n) is 12.6. The summed E-state index contributed by atoms with van der Waals surface area (Å²) in [7, 11) is 0. The molecule has 0 aliphatic carbocycles. The molecule has 0 aliphatic heterocycles. The van der Waals surface area contributed by atoms with Crippen molar-refractivity contribution in [3.8, 4) is 27.8 Å². The minimum absolute atomic E-state index is 0.0242. The van der Waals surface area contributed by atoms with Gasteiger partial charge in [-0.25, -0.2) is 0 Å². The average molecular weight is 337 g/mol. The van der Waals surface area contributed by atoms with Gasteiger partial charge >= 0.3 is 0 Å². The van der Waals surface area contributed by atoms with Crippen LogP contribution in [0.15, 0.2) is 47.3 Å². The van der Waals surface area contributed by atoms with Gasteiger partial charge in [-0.05, 0) is 42.8 Å². The number of rotatable bonds is 3. The Hall–Kier alpha value is -3.24. The van der Waals surface area contributed by atoms with Gasteiger partial charge in [0.05, 0.1) is 4.92 Å². The lowest BCUT2D eigenvalue weighted by atomic mass is 10.0. The van der Waals surface area contributed by atoms with E-state index in [4.69, 9.17) is 0 Å². The van der Waals surface area contributed by atoms with Crippen LogP contribution in [-0.4, -0.2) is 9.91 Å². The molecule has 118 valence electrons. The first-order valence-electron chi connectivity index (χ1n) is 6.98. The van der Waals surface area contributed by atoms with Crippen LogP contribution in [0.25, 0.3) is 21.7 Å². The van der Waals surface area contributed by atoms with E-state index in [1.54, 1.807) is 18.2 Å². The normalized spacial score (nSPS) is 10.3. The molecule has 0 atom stereocenters. The second-order valence-electron chi connectivity index (χ2n) is 5.13. The summed E-state index contributed by atoms with van der Waals surface area (Å²) in [6, 6.07) is 13.4. The monoisotopic (exact) mass is 337 g/mol. The van der Waals surface area contributed by atoms with Crippen molar-refractivity contribution in [2.24, 2.45) is 0 Å². The average Bonchev–Trinajstić information content (AvgIpc) is 3.00. The molecular weight excluding hydrogens is 326 g/mol. The number of aromatic amines is 1. The second-order valence-corrected chi connectivity index (χ2v) is 6.41. The smallest absolute Gasteiger partial charge is 0.269 e. The van der Waals surface area contributed by atoms with E-state index in [1.807, 2.05) is 25.1 Å². The fourth-order valence-corrected chi connectivity index (χ4v) is 3.25. The molecule has 3 aromatic rings. The van der Waals surface area contributed by atoms with E-state index < -0.39 is 10.5 Å². The highest BCUT2D eigenvalue weighted by Crippen LogP contribution is 2.31. The molecule has 0 spiro atoms. The molecule has 3 rings (SSSR count). The summed E-state index contributed by atoms with van der Waals surface area (Å²) in [5.41, 5.74) is 1.26. The van der Waals surface area contributed by atoms with Crippen LogP contribution in [0.1, 0.15) is 10.4 Å². The minimum Gasteiger partial charge on any atom is -0.321 e. The summed E-state index contributed by atoms with van der Waals surface area (Å²) >= 11 is 1.50. The molecule has 1 N–H and O–H groups in total. The predicted molar refractivity (Wildman–Crippen MR) is 91.9 cm³/mol. The van der Waals surface area contributed by atoms with E-state index in [2.05, 4.69) is 4.98 Å². The van der Waals surface area contributed by atoms with Crippen LogP contribution in [0.4, 0.5) is 5.69 Å². The van der Waals surface area contributed by atoms with Crippen molar-refractivity contribution in [1.82, 2.24) is 4.98 Å². The predicted octanol–water partition coefficient (Wildman–Crippen LogP) is 3.86. The van der Waals surface area contributed by atoms with E-state index in [0.717, 1.165) is 9.75 Å². The number of nitriles is 1. The van der Waals surface area contributed by atoms with Gasteiger partial charge in [-0.15, -0.1) is 11.3 Å². The third kappa shape index (κ3) is 2.83. The molecule has 24 heavy (non-hydrogen) atoms. The number of benzene rings is 1. The molecule has 1 aromatic carbocycles. The maximum Gasteiger partial charge on any atom is 0.269 e. The number of aromatic nitrogens is 1. The van der Waals surface area contributed by atoms with Crippen molar-refractivity contribution in [1.29, 1.82) is 5.26 Å². The zero-order chi connectivity index (χ0) is 17.3. The Morgan fingerprint density at radius 3 is 2.46 bits per heavy atom. The number of H-pyrrole nitrogens is 1. The topological polar surface area (TPSA) is 99.8 Å². The lowest BCUT2D eigenvalue weighted by Gasteiger charge is -2.06. The first-order valence-corrected chi connectivity index (χ1v) is 7.80. The third-order valence-corrected chi connectivity index (χ3v) is 4.57. The third-order valence-electron chi connectivity index (χ3n) is 3.54. The fourth-order valence-electron chi connectivity index (χ4n) is 2.36. The van der Waals surface area contributed by atoms with E-state index in [1.165, 1.54) is 23.5 Å². The number of hydrogen-bond donors (Lipinski definition) is 1. The van der Waals surface area contributed by atoms with Gasteiger partial charge < -0.3 is 4.98 Å². The lowest BCUT2D eigenvalue weighted by Crippen LogP contribution is -2.12. The molecule has 0 saturated heterocycles. The molecule has 0 saturated carbocycles. The van der Waals surface area contributed by atoms with E-state index in [9.17, 15) is 20.2 Å². The van der Waals surface area contributed by atoms with Crippen LogP contribution < -0.4 is 5.56 Å². The molecule has 0 aliphatic rings. The summed E-state index contributed by atoms with van der Waals surface area (Å²) in [4.78, 5) is 27.1. The Bertz CT molecular complexity index is 1030. The summed E-state index contributed by atoms with van der Waals surface area (Å²) in [5.74, 6) is 0. The maximum absolute atomic E-state index is 12.2. The second kappa shape index (κ2) is 6.10. The summed E-state index contributed by atoms with van der Waals surface area (Å²) in [5, 5.41) is 20.0. The van der Waals surface area contributed by atoms with Gasteiger partial charge in [0.2, 0.25) is 0 Å². The van der Waals surface area contributed by atoms with Crippen molar-refractivity contribution < 1.29 is 4.92 Å². The Labute approximate surface area is 140 Å². The molecule has 0 bridgehead atoms. The molecular formula is C17H11N3O3S. The number of nitrogens with one attached hydrogen (secondary N) is 1. The van der Waals surface area contributed by atoms with E-state index >= 15 is 0 Å². The maximum atomic E-state index is 12.2. The van der Waals surface area contributed by atoms with Crippen LogP contribution in [0, 0.1) is 28.4 Å². The molecule has 6 nitrogen and oxygen atoms in total. The van der Waals surface area contributed by atoms with Crippen molar-refractivity contribution >= 4 is 17.0 Å². The van der Waals surface area contributed by atoms with E-state index in [-0.39, 0.29) is 11.3 Å². The lowest BCUT2D eigenvalue weighted by molar-refractivity contribution is -0.384. The van der Waals surface area contributed by atoms with Crippen LogP contribution in [-0.2, 0) is 0 Å². The molecule has 0 radical (unpaired) electrons. The molecule has 0 amide bonds. The highest BCUT2D eigenvalue weighted by atomic mass is 32.1. The molecule has 7 heteroatoms.